The third-order valence-electron chi connectivity index (χ3n) is 3.29. The minimum atomic E-state index is 0.164. The SMILES string of the molecule is Cc1cc(NN)nc(C2CCOc3ccccc32)n1. The van der Waals surface area contributed by atoms with Crippen LogP contribution in [0.5, 0.6) is 5.75 Å². The molecule has 1 atom stereocenters. The van der Waals surface area contributed by atoms with Crippen molar-refractivity contribution in [1.82, 2.24) is 9.97 Å². The minimum absolute atomic E-state index is 0.164. The maximum absolute atomic E-state index is 5.67. The predicted molar refractivity (Wildman–Crippen MR) is 73.0 cm³/mol. The number of ether oxygens (including phenoxy) is 1. The number of nitrogen functional groups attached to an aromatic ring is 1. The van der Waals surface area contributed by atoms with Crippen LogP contribution in [0.25, 0.3) is 0 Å². The van der Waals surface area contributed by atoms with Crippen molar-refractivity contribution < 1.29 is 4.74 Å². The highest BCUT2D eigenvalue weighted by Gasteiger charge is 2.25. The number of para-hydroxylation sites is 1. The molecule has 0 saturated heterocycles. The lowest BCUT2D eigenvalue weighted by Crippen LogP contribution is -2.19. The van der Waals surface area contributed by atoms with E-state index in [4.69, 9.17) is 10.6 Å². The van der Waals surface area contributed by atoms with Crippen LogP contribution < -0.4 is 16.0 Å². The Kier molecular flexibility index (Phi) is 3.05. The Balaban J connectivity index is 2.06. The summed E-state index contributed by atoms with van der Waals surface area (Å²) in [6, 6.07) is 9.87. The van der Waals surface area contributed by atoms with Crippen molar-refractivity contribution in [2.45, 2.75) is 19.3 Å². The van der Waals surface area contributed by atoms with E-state index in [2.05, 4.69) is 21.5 Å². The predicted octanol–water partition coefficient (Wildman–Crippen LogP) is 1.99. The van der Waals surface area contributed by atoms with Gasteiger partial charge in [-0.1, -0.05) is 18.2 Å². The van der Waals surface area contributed by atoms with Gasteiger partial charge in [0, 0.05) is 17.3 Å². The quantitative estimate of drug-likeness (QED) is 0.635. The van der Waals surface area contributed by atoms with Gasteiger partial charge < -0.3 is 10.2 Å². The molecule has 0 fully saturated rings. The largest absolute Gasteiger partial charge is 0.493 e. The second kappa shape index (κ2) is 4.85. The summed E-state index contributed by atoms with van der Waals surface area (Å²) in [6.07, 6.45) is 0.879. The zero-order valence-corrected chi connectivity index (χ0v) is 10.8. The summed E-state index contributed by atoms with van der Waals surface area (Å²) in [6.45, 7) is 2.63. The molecule has 1 unspecified atom stereocenters. The summed E-state index contributed by atoms with van der Waals surface area (Å²) in [5.74, 6) is 7.97. The first-order valence-corrected chi connectivity index (χ1v) is 6.32. The molecule has 2 aromatic rings. The lowest BCUT2D eigenvalue weighted by atomic mass is 9.92. The number of nitrogens with two attached hydrogens (primary N) is 1. The molecule has 1 aliphatic heterocycles. The molecule has 1 aliphatic rings. The molecule has 98 valence electrons. The number of benzene rings is 1. The number of aryl methyl sites for hydroxylation is 1. The van der Waals surface area contributed by atoms with Crippen LogP contribution in [0.2, 0.25) is 0 Å². The van der Waals surface area contributed by atoms with Gasteiger partial charge in [0.05, 0.1) is 12.5 Å². The van der Waals surface area contributed by atoms with Crippen LogP contribution >= 0.6 is 0 Å². The van der Waals surface area contributed by atoms with Crippen LogP contribution in [0.3, 0.4) is 0 Å². The topological polar surface area (TPSA) is 73.1 Å². The van der Waals surface area contributed by atoms with Crippen molar-refractivity contribution >= 4 is 5.82 Å². The first kappa shape index (κ1) is 11.9. The monoisotopic (exact) mass is 256 g/mol. The Labute approximate surface area is 111 Å². The molecule has 0 saturated carbocycles. The first-order valence-electron chi connectivity index (χ1n) is 6.32. The van der Waals surface area contributed by atoms with Crippen LogP contribution in [0.15, 0.2) is 30.3 Å². The van der Waals surface area contributed by atoms with Gasteiger partial charge in [-0.25, -0.2) is 15.8 Å². The Morgan fingerprint density at radius 1 is 1.32 bits per heavy atom. The molecule has 1 aromatic carbocycles. The Morgan fingerprint density at radius 2 is 2.16 bits per heavy atom. The normalized spacial score (nSPS) is 17.5. The number of aromatic nitrogens is 2. The maximum atomic E-state index is 5.67. The Hall–Kier alpha value is -2.14. The molecule has 0 radical (unpaired) electrons. The zero-order chi connectivity index (χ0) is 13.2. The minimum Gasteiger partial charge on any atom is -0.493 e. The second-order valence-electron chi connectivity index (χ2n) is 4.62. The molecule has 0 spiro atoms. The smallest absolute Gasteiger partial charge is 0.143 e. The average molecular weight is 256 g/mol. The van der Waals surface area contributed by atoms with Crippen molar-refractivity contribution in [3.05, 3.63) is 47.4 Å². The van der Waals surface area contributed by atoms with Gasteiger partial charge in [-0.05, 0) is 19.4 Å². The molecule has 5 heteroatoms. The molecule has 3 rings (SSSR count). The molecule has 2 heterocycles. The molecule has 3 N–H and O–H groups in total. The number of anilines is 1. The van der Waals surface area contributed by atoms with E-state index in [1.807, 2.05) is 31.2 Å². The van der Waals surface area contributed by atoms with Crippen molar-refractivity contribution in [1.29, 1.82) is 0 Å². The van der Waals surface area contributed by atoms with E-state index in [-0.39, 0.29) is 5.92 Å². The number of nitrogens with zero attached hydrogens (tertiary/aromatic N) is 2. The molecule has 0 amide bonds. The summed E-state index contributed by atoms with van der Waals surface area (Å²) in [4.78, 5) is 9.01. The van der Waals surface area contributed by atoms with Crippen LogP contribution in [0.4, 0.5) is 5.82 Å². The van der Waals surface area contributed by atoms with Crippen molar-refractivity contribution in [2.24, 2.45) is 5.84 Å². The fourth-order valence-corrected chi connectivity index (χ4v) is 2.43. The van der Waals surface area contributed by atoms with Crippen LogP contribution in [0, 0.1) is 6.92 Å². The highest BCUT2D eigenvalue weighted by Crippen LogP contribution is 2.36. The average Bonchev–Trinajstić information content (AvgIpc) is 2.46. The summed E-state index contributed by atoms with van der Waals surface area (Å²) in [5.41, 5.74) is 4.63. The number of hydrogen-bond donors (Lipinski definition) is 2. The number of hydrogen-bond acceptors (Lipinski definition) is 5. The van der Waals surface area contributed by atoms with Gasteiger partial charge in [-0.15, -0.1) is 0 Å². The fraction of sp³-hybridized carbons (Fsp3) is 0.286. The lowest BCUT2D eigenvalue weighted by Gasteiger charge is -2.25. The van der Waals surface area contributed by atoms with E-state index >= 15 is 0 Å². The zero-order valence-electron chi connectivity index (χ0n) is 10.8. The van der Waals surface area contributed by atoms with Gasteiger partial charge in [0.25, 0.3) is 0 Å². The molecular formula is C14H16N4O. The molecule has 19 heavy (non-hydrogen) atoms. The van der Waals surface area contributed by atoms with E-state index in [1.165, 1.54) is 0 Å². The maximum Gasteiger partial charge on any atom is 0.143 e. The van der Waals surface area contributed by atoms with E-state index in [0.29, 0.717) is 12.4 Å². The molecule has 1 aromatic heterocycles. The summed E-state index contributed by atoms with van der Waals surface area (Å²) in [7, 11) is 0. The molecule has 0 aliphatic carbocycles. The van der Waals surface area contributed by atoms with Crippen molar-refractivity contribution in [3.8, 4) is 5.75 Å². The van der Waals surface area contributed by atoms with E-state index < -0.39 is 0 Å². The van der Waals surface area contributed by atoms with Crippen LogP contribution in [-0.2, 0) is 0 Å². The van der Waals surface area contributed by atoms with Crippen LogP contribution in [0.1, 0.15) is 29.4 Å². The van der Waals surface area contributed by atoms with Crippen molar-refractivity contribution in [2.75, 3.05) is 12.0 Å². The van der Waals surface area contributed by atoms with E-state index in [1.54, 1.807) is 0 Å². The standard InChI is InChI=1S/C14H16N4O/c1-9-8-13(18-15)17-14(16-9)11-6-7-19-12-5-3-2-4-10(11)12/h2-5,8,11H,6-7,15H2,1H3,(H,16,17,18). The van der Waals surface area contributed by atoms with Gasteiger partial charge >= 0.3 is 0 Å². The first-order chi connectivity index (χ1) is 9.28. The second-order valence-corrected chi connectivity index (χ2v) is 4.62. The molecule has 5 nitrogen and oxygen atoms in total. The summed E-state index contributed by atoms with van der Waals surface area (Å²) >= 11 is 0. The van der Waals surface area contributed by atoms with E-state index in [9.17, 15) is 0 Å². The number of hydrazine groups is 1. The Bertz CT molecular complexity index is 600. The fourth-order valence-electron chi connectivity index (χ4n) is 2.43. The third-order valence-corrected chi connectivity index (χ3v) is 3.29. The molecule has 0 bridgehead atoms. The van der Waals surface area contributed by atoms with Gasteiger partial charge in [0.15, 0.2) is 0 Å². The lowest BCUT2D eigenvalue weighted by molar-refractivity contribution is 0.274. The Morgan fingerprint density at radius 3 is 3.00 bits per heavy atom. The number of rotatable bonds is 2. The number of fused-ring (bicyclic) bond motifs is 1. The molecular weight excluding hydrogens is 240 g/mol. The third kappa shape index (κ3) is 2.24. The summed E-state index contributed by atoms with van der Waals surface area (Å²) < 4.78 is 5.67. The number of nitrogens with one attached hydrogen (secondary N) is 1. The van der Waals surface area contributed by atoms with Gasteiger partial charge in [-0.3, -0.25) is 0 Å². The summed E-state index contributed by atoms with van der Waals surface area (Å²) in [5, 5.41) is 0. The van der Waals surface area contributed by atoms with Gasteiger partial charge in [0.1, 0.15) is 17.4 Å². The highest BCUT2D eigenvalue weighted by molar-refractivity contribution is 5.42. The van der Waals surface area contributed by atoms with Gasteiger partial charge in [-0.2, -0.15) is 0 Å². The van der Waals surface area contributed by atoms with E-state index in [0.717, 1.165) is 29.3 Å². The van der Waals surface area contributed by atoms with Gasteiger partial charge in [0.2, 0.25) is 0 Å². The highest BCUT2D eigenvalue weighted by atomic mass is 16.5. The van der Waals surface area contributed by atoms with Crippen LogP contribution in [-0.4, -0.2) is 16.6 Å². The van der Waals surface area contributed by atoms with Crippen molar-refractivity contribution in [3.63, 3.8) is 0 Å².